The van der Waals surface area contributed by atoms with Gasteiger partial charge in [-0.2, -0.15) is 0 Å². The van der Waals surface area contributed by atoms with Gasteiger partial charge in [0.15, 0.2) is 5.16 Å². The Hall–Kier alpha value is -2.28. The summed E-state index contributed by atoms with van der Waals surface area (Å²) in [6, 6.07) is 8.65. The minimum Gasteiger partial charge on any atom is -0.352 e. The molecule has 26 heavy (non-hydrogen) atoms. The van der Waals surface area contributed by atoms with Gasteiger partial charge in [0.25, 0.3) is 0 Å². The highest BCUT2D eigenvalue weighted by atomic mass is 32.2. The molecule has 0 atom stereocenters. The first kappa shape index (κ1) is 18.5. The Morgan fingerprint density at radius 3 is 2.62 bits per heavy atom. The Morgan fingerprint density at radius 2 is 1.96 bits per heavy atom. The third-order valence-corrected chi connectivity index (χ3v) is 5.13. The van der Waals surface area contributed by atoms with Crippen molar-refractivity contribution >= 4 is 23.6 Å². The van der Waals surface area contributed by atoms with Gasteiger partial charge in [0.1, 0.15) is 0 Å². The molecule has 138 valence electrons. The Balaban J connectivity index is 1.51. The summed E-state index contributed by atoms with van der Waals surface area (Å²) < 4.78 is 1.96. The number of benzene rings is 1. The lowest BCUT2D eigenvalue weighted by atomic mass is 10.0. The smallest absolute Gasteiger partial charge is 0.239 e. The summed E-state index contributed by atoms with van der Waals surface area (Å²) in [4.78, 5) is 27.9. The maximum Gasteiger partial charge on any atom is 0.239 e. The van der Waals surface area contributed by atoms with Gasteiger partial charge in [-0.1, -0.05) is 37.7 Å². The number of carbonyl (C=O) groups is 2. The van der Waals surface area contributed by atoms with E-state index in [2.05, 4.69) is 53.7 Å². The number of nitrogens with one attached hydrogen (secondary N) is 2. The molecule has 0 saturated heterocycles. The summed E-state index contributed by atoms with van der Waals surface area (Å²) in [7, 11) is 0. The zero-order chi connectivity index (χ0) is 18.5. The van der Waals surface area contributed by atoms with Crippen molar-refractivity contribution < 1.29 is 9.59 Å². The number of nitrogens with zero attached hydrogens (tertiary/aromatic N) is 2. The monoisotopic (exact) mass is 372 g/mol. The molecule has 1 saturated carbocycles. The highest BCUT2D eigenvalue weighted by Gasteiger charge is 2.23. The van der Waals surface area contributed by atoms with E-state index >= 15 is 0 Å². The van der Waals surface area contributed by atoms with Crippen molar-refractivity contribution in [2.75, 3.05) is 12.3 Å². The van der Waals surface area contributed by atoms with Gasteiger partial charge in [0.05, 0.1) is 12.3 Å². The average molecular weight is 372 g/mol. The molecule has 7 heteroatoms. The summed E-state index contributed by atoms with van der Waals surface area (Å²) in [6.07, 6.45) is 5.68. The van der Waals surface area contributed by atoms with E-state index in [0.717, 1.165) is 23.7 Å². The fourth-order valence-electron chi connectivity index (χ4n) is 2.48. The summed E-state index contributed by atoms with van der Waals surface area (Å²) in [5.41, 5.74) is 2.30. The first-order valence-electron chi connectivity index (χ1n) is 8.85. The van der Waals surface area contributed by atoms with Crippen LogP contribution in [-0.4, -0.2) is 39.7 Å². The highest BCUT2D eigenvalue weighted by Crippen LogP contribution is 2.22. The van der Waals surface area contributed by atoms with Crippen LogP contribution < -0.4 is 10.6 Å². The van der Waals surface area contributed by atoms with Crippen LogP contribution in [0.25, 0.3) is 5.69 Å². The maximum atomic E-state index is 12.0. The average Bonchev–Trinajstić information content (AvgIpc) is 3.31. The van der Waals surface area contributed by atoms with Crippen LogP contribution in [0.15, 0.2) is 41.8 Å². The summed E-state index contributed by atoms with van der Waals surface area (Å²) in [6.45, 7) is 4.36. The number of hydrogen-bond acceptors (Lipinski definition) is 4. The van der Waals surface area contributed by atoms with E-state index < -0.39 is 0 Å². The quantitative estimate of drug-likeness (QED) is 0.698. The van der Waals surface area contributed by atoms with Crippen LogP contribution in [0.2, 0.25) is 0 Å². The highest BCUT2D eigenvalue weighted by molar-refractivity contribution is 7.99. The molecular weight excluding hydrogens is 348 g/mol. The third kappa shape index (κ3) is 5.11. The number of hydrogen-bond donors (Lipinski definition) is 2. The van der Waals surface area contributed by atoms with Crippen molar-refractivity contribution in [3.05, 3.63) is 42.2 Å². The van der Waals surface area contributed by atoms with Gasteiger partial charge in [0, 0.05) is 24.1 Å². The van der Waals surface area contributed by atoms with Crippen molar-refractivity contribution in [3.8, 4) is 5.69 Å². The predicted octanol–water partition coefficient (Wildman–Crippen LogP) is 2.48. The minimum atomic E-state index is -0.175. The first-order valence-corrected chi connectivity index (χ1v) is 9.84. The molecule has 1 fully saturated rings. The van der Waals surface area contributed by atoms with Gasteiger partial charge in [-0.15, -0.1) is 0 Å². The lowest BCUT2D eigenvalue weighted by molar-refractivity contribution is -0.124. The van der Waals surface area contributed by atoms with E-state index in [0.29, 0.717) is 12.0 Å². The van der Waals surface area contributed by atoms with Gasteiger partial charge in [-0.3, -0.25) is 14.2 Å². The first-order chi connectivity index (χ1) is 12.5. The van der Waals surface area contributed by atoms with E-state index in [-0.39, 0.29) is 24.1 Å². The van der Waals surface area contributed by atoms with Crippen LogP contribution >= 0.6 is 11.8 Å². The number of aromatic nitrogens is 2. The van der Waals surface area contributed by atoms with Crippen LogP contribution in [-0.2, 0) is 9.59 Å². The second kappa shape index (κ2) is 8.40. The van der Waals surface area contributed by atoms with E-state index in [1.807, 2.05) is 10.8 Å². The largest absolute Gasteiger partial charge is 0.352 e. The van der Waals surface area contributed by atoms with E-state index in [1.165, 1.54) is 17.3 Å². The standard InChI is InChI=1S/C19H24N4O2S/c1-13(2)14-3-7-16(8-4-14)23-10-9-20-19(23)26-12-18(25)21-11-17(24)22-15-5-6-15/h3-4,7-10,13,15H,5-6,11-12H2,1-2H3,(H,21,25)(H,22,24). The Morgan fingerprint density at radius 1 is 1.23 bits per heavy atom. The van der Waals surface area contributed by atoms with Gasteiger partial charge in [0.2, 0.25) is 11.8 Å². The van der Waals surface area contributed by atoms with Gasteiger partial charge in [-0.25, -0.2) is 4.98 Å². The molecule has 2 amide bonds. The minimum absolute atomic E-state index is 0.0288. The summed E-state index contributed by atoms with van der Waals surface area (Å²) in [5.74, 6) is 0.405. The lowest BCUT2D eigenvalue weighted by Crippen LogP contribution is -2.38. The lowest BCUT2D eigenvalue weighted by Gasteiger charge is -2.10. The van der Waals surface area contributed by atoms with Crippen molar-refractivity contribution in [2.45, 2.75) is 43.8 Å². The zero-order valence-corrected chi connectivity index (χ0v) is 15.9. The van der Waals surface area contributed by atoms with Crippen molar-refractivity contribution in [1.82, 2.24) is 20.2 Å². The molecule has 0 spiro atoms. The fourth-order valence-corrected chi connectivity index (χ4v) is 3.28. The van der Waals surface area contributed by atoms with Gasteiger partial charge >= 0.3 is 0 Å². The number of amides is 2. The normalized spacial score (nSPS) is 13.7. The fraction of sp³-hybridized carbons (Fsp3) is 0.421. The van der Waals surface area contributed by atoms with Crippen LogP contribution in [0.5, 0.6) is 0 Å². The second-order valence-corrected chi connectivity index (χ2v) is 7.68. The van der Waals surface area contributed by atoms with Crippen molar-refractivity contribution in [2.24, 2.45) is 0 Å². The molecule has 1 aromatic heterocycles. The summed E-state index contributed by atoms with van der Waals surface area (Å²) >= 11 is 1.35. The molecule has 3 rings (SSSR count). The van der Waals surface area contributed by atoms with E-state index in [1.54, 1.807) is 6.20 Å². The zero-order valence-electron chi connectivity index (χ0n) is 15.1. The van der Waals surface area contributed by atoms with Crippen LogP contribution in [0.4, 0.5) is 0 Å². The Bertz CT molecular complexity index is 766. The molecule has 6 nitrogen and oxygen atoms in total. The molecule has 0 radical (unpaired) electrons. The van der Waals surface area contributed by atoms with E-state index in [4.69, 9.17) is 0 Å². The maximum absolute atomic E-state index is 12.0. The molecule has 2 aromatic rings. The van der Waals surface area contributed by atoms with Gasteiger partial charge < -0.3 is 10.6 Å². The van der Waals surface area contributed by atoms with Crippen LogP contribution in [0.1, 0.15) is 38.2 Å². The molecule has 0 unspecified atom stereocenters. The number of rotatable bonds is 8. The molecule has 0 aliphatic heterocycles. The van der Waals surface area contributed by atoms with Gasteiger partial charge in [-0.05, 0) is 36.5 Å². The molecule has 0 bridgehead atoms. The Kier molecular flexibility index (Phi) is 5.98. The Labute approximate surface area is 157 Å². The van der Waals surface area contributed by atoms with E-state index in [9.17, 15) is 9.59 Å². The predicted molar refractivity (Wildman–Crippen MR) is 103 cm³/mol. The molecule has 1 aromatic carbocycles. The molecule has 1 aliphatic carbocycles. The van der Waals surface area contributed by atoms with Crippen LogP contribution in [0.3, 0.4) is 0 Å². The molecule has 1 heterocycles. The molecule has 1 aliphatic rings. The third-order valence-electron chi connectivity index (χ3n) is 4.17. The SMILES string of the molecule is CC(C)c1ccc(-n2ccnc2SCC(=O)NCC(=O)NC2CC2)cc1. The van der Waals surface area contributed by atoms with Crippen LogP contribution in [0, 0.1) is 0 Å². The molecular formula is C19H24N4O2S. The second-order valence-electron chi connectivity index (χ2n) is 6.73. The number of imidazole rings is 1. The van der Waals surface area contributed by atoms with Crippen molar-refractivity contribution in [3.63, 3.8) is 0 Å². The number of thioether (sulfide) groups is 1. The summed E-state index contributed by atoms with van der Waals surface area (Å²) in [5, 5.41) is 6.24. The number of carbonyl (C=O) groups excluding carboxylic acids is 2. The molecule has 2 N–H and O–H groups in total. The van der Waals surface area contributed by atoms with Crippen molar-refractivity contribution in [1.29, 1.82) is 0 Å². The topological polar surface area (TPSA) is 76.0 Å².